The number of carbonyl (C=O) groups excluding carboxylic acids is 1. The summed E-state index contributed by atoms with van der Waals surface area (Å²) in [6, 6.07) is 10.7. The summed E-state index contributed by atoms with van der Waals surface area (Å²) in [6.07, 6.45) is 1.58. The Kier molecular flexibility index (Phi) is 4.10. The average Bonchev–Trinajstić information content (AvgIpc) is 2.45. The summed E-state index contributed by atoms with van der Waals surface area (Å²) < 4.78 is 0. The first-order chi connectivity index (χ1) is 9.59. The molecule has 5 nitrogen and oxygen atoms in total. The van der Waals surface area contributed by atoms with Crippen LogP contribution in [0.2, 0.25) is 0 Å². The molecule has 0 bridgehead atoms. The van der Waals surface area contributed by atoms with Crippen molar-refractivity contribution in [2.24, 2.45) is 0 Å². The Bertz CT molecular complexity index is 626. The van der Waals surface area contributed by atoms with Crippen molar-refractivity contribution < 1.29 is 14.7 Å². The average molecular weight is 270 g/mol. The van der Waals surface area contributed by atoms with Crippen LogP contribution in [0.5, 0.6) is 0 Å². The molecule has 0 spiro atoms. The van der Waals surface area contributed by atoms with Crippen LogP contribution in [0.25, 0.3) is 0 Å². The third-order valence-electron chi connectivity index (χ3n) is 2.91. The van der Waals surface area contributed by atoms with Crippen LogP contribution < -0.4 is 5.32 Å². The van der Waals surface area contributed by atoms with E-state index in [-0.39, 0.29) is 0 Å². The highest BCUT2D eigenvalue weighted by molar-refractivity contribution is 5.97. The van der Waals surface area contributed by atoms with Crippen molar-refractivity contribution in [2.45, 2.75) is 13.0 Å². The molecule has 2 rings (SSSR count). The summed E-state index contributed by atoms with van der Waals surface area (Å²) in [4.78, 5) is 27.5. The Morgan fingerprint density at radius 1 is 1.15 bits per heavy atom. The summed E-state index contributed by atoms with van der Waals surface area (Å²) in [7, 11) is 0. The van der Waals surface area contributed by atoms with Gasteiger partial charge in [-0.1, -0.05) is 30.3 Å². The summed E-state index contributed by atoms with van der Waals surface area (Å²) in [5.74, 6) is -1.56. The minimum Gasteiger partial charge on any atom is -0.479 e. The monoisotopic (exact) mass is 270 g/mol. The van der Waals surface area contributed by atoms with Gasteiger partial charge in [-0.15, -0.1) is 0 Å². The number of aryl methyl sites for hydroxylation is 1. The number of carbonyl (C=O) groups is 2. The highest BCUT2D eigenvalue weighted by Crippen LogP contribution is 2.14. The first-order valence-electron chi connectivity index (χ1n) is 6.10. The van der Waals surface area contributed by atoms with E-state index in [0.29, 0.717) is 16.8 Å². The third kappa shape index (κ3) is 3.00. The molecule has 102 valence electrons. The maximum absolute atomic E-state index is 12.1. The molecule has 0 saturated heterocycles. The van der Waals surface area contributed by atoms with E-state index in [4.69, 9.17) is 0 Å². The Morgan fingerprint density at radius 3 is 2.45 bits per heavy atom. The van der Waals surface area contributed by atoms with Gasteiger partial charge in [0.25, 0.3) is 5.91 Å². The lowest BCUT2D eigenvalue weighted by Gasteiger charge is -2.15. The molecule has 1 atom stereocenters. The zero-order valence-electron chi connectivity index (χ0n) is 10.9. The normalized spacial score (nSPS) is 11.7. The van der Waals surface area contributed by atoms with E-state index in [2.05, 4.69) is 10.3 Å². The molecule has 5 heteroatoms. The van der Waals surface area contributed by atoms with Crippen LogP contribution in [0.15, 0.2) is 48.7 Å². The maximum atomic E-state index is 12.1. The predicted molar refractivity (Wildman–Crippen MR) is 73.3 cm³/mol. The molecule has 0 unspecified atom stereocenters. The minimum absolute atomic E-state index is 0.370. The molecule has 0 radical (unpaired) electrons. The van der Waals surface area contributed by atoms with Crippen LogP contribution in [0.3, 0.4) is 0 Å². The summed E-state index contributed by atoms with van der Waals surface area (Å²) in [5, 5.41) is 11.8. The molecule has 1 amide bonds. The minimum atomic E-state index is -1.11. The number of aromatic nitrogens is 1. The Morgan fingerprint density at radius 2 is 1.85 bits per heavy atom. The van der Waals surface area contributed by atoms with Crippen LogP contribution in [-0.2, 0) is 4.79 Å². The van der Waals surface area contributed by atoms with Gasteiger partial charge in [-0.25, -0.2) is 4.79 Å². The Balaban J connectivity index is 2.24. The number of nitrogens with one attached hydrogen (secondary N) is 1. The molecule has 0 aliphatic rings. The fourth-order valence-corrected chi connectivity index (χ4v) is 1.87. The Labute approximate surface area is 116 Å². The molecule has 20 heavy (non-hydrogen) atoms. The van der Waals surface area contributed by atoms with E-state index in [1.807, 2.05) is 0 Å². The smallest absolute Gasteiger partial charge is 0.330 e. The van der Waals surface area contributed by atoms with E-state index in [0.717, 1.165) is 0 Å². The lowest BCUT2D eigenvalue weighted by molar-refractivity contribution is -0.139. The first-order valence-corrected chi connectivity index (χ1v) is 6.10. The third-order valence-corrected chi connectivity index (χ3v) is 2.91. The summed E-state index contributed by atoms with van der Waals surface area (Å²) in [6.45, 7) is 1.70. The maximum Gasteiger partial charge on any atom is 0.330 e. The van der Waals surface area contributed by atoms with Gasteiger partial charge in [0, 0.05) is 11.9 Å². The highest BCUT2D eigenvalue weighted by atomic mass is 16.4. The van der Waals surface area contributed by atoms with E-state index >= 15 is 0 Å². The van der Waals surface area contributed by atoms with E-state index in [9.17, 15) is 14.7 Å². The number of aliphatic carboxylic acids is 1. The zero-order chi connectivity index (χ0) is 14.5. The second-order valence-corrected chi connectivity index (χ2v) is 4.29. The van der Waals surface area contributed by atoms with Gasteiger partial charge >= 0.3 is 5.97 Å². The highest BCUT2D eigenvalue weighted by Gasteiger charge is 2.23. The van der Waals surface area contributed by atoms with Crippen LogP contribution in [0, 0.1) is 6.92 Å². The van der Waals surface area contributed by atoms with Crippen molar-refractivity contribution in [3.8, 4) is 0 Å². The van der Waals surface area contributed by atoms with Gasteiger partial charge in [0.15, 0.2) is 6.04 Å². The molecule has 1 heterocycles. The second-order valence-electron chi connectivity index (χ2n) is 4.29. The van der Waals surface area contributed by atoms with Crippen molar-refractivity contribution in [3.05, 3.63) is 65.5 Å². The van der Waals surface area contributed by atoms with Crippen LogP contribution in [0.4, 0.5) is 0 Å². The molecule has 1 aromatic carbocycles. The van der Waals surface area contributed by atoms with Gasteiger partial charge in [-0.2, -0.15) is 0 Å². The summed E-state index contributed by atoms with van der Waals surface area (Å²) >= 11 is 0. The number of rotatable bonds is 4. The van der Waals surface area contributed by atoms with Crippen LogP contribution >= 0.6 is 0 Å². The molecule has 2 aromatic rings. The Hall–Kier alpha value is -2.69. The zero-order valence-corrected chi connectivity index (χ0v) is 10.9. The number of pyridine rings is 1. The van der Waals surface area contributed by atoms with Gasteiger partial charge < -0.3 is 10.4 Å². The lowest BCUT2D eigenvalue weighted by Crippen LogP contribution is -2.34. The number of amides is 1. The molecular formula is C15H14N2O3. The molecule has 0 aliphatic heterocycles. The van der Waals surface area contributed by atoms with Gasteiger partial charge in [0.1, 0.15) is 0 Å². The van der Waals surface area contributed by atoms with Gasteiger partial charge in [-0.3, -0.25) is 9.78 Å². The molecular weight excluding hydrogens is 256 g/mol. The van der Waals surface area contributed by atoms with Gasteiger partial charge in [0.05, 0.1) is 5.56 Å². The van der Waals surface area contributed by atoms with E-state index in [1.54, 1.807) is 55.6 Å². The summed E-state index contributed by atoms with van der Waals surface area (Å²) in [5.41, 5.74) is 1.45. The largest absolute Gasteiger partial charge is 0.479 e. The topological polar surface area (TPSA) is 79.3 Å². The number of nitrogens with zero attached hydrogens (tertiary/aromatic N) is 1. The van der Waals surface area contributed by atoms with Crippen LogP contribution in [0.1, 0.15) is 27.7 Å². The van der Waals surface area contributed by atoms with Crippen LogP contribution in [-0.4, -0.2) is 22.0 Å². The SMILES string of the molecule is Cc1ncccc1C(=O)N[C@H](C(=O)O)c1ccccc1. The van der Waals surface area contributed by atoms with Gasteiger partial charge in [0.2, 0.25) is 0 Å². The van der Waals surface area contributed by atoms with Crippen molar-refractivity contribution in [2.75, 3.05) is 0 Å². The van der Waals surface area contributed by atoms with E-state index in [1.165, 1.54) is 0 Å². The number of carboxylic acid groups (broad SMARTS) is 1. The molecule has 0 saturated carbocycles. The number of benzene rings is 1. The predicted octanol–water partition coefficient (Wildman–Crippen LogP) is 1.95. The molecule has 2 N–H and O–H groups in total. The quantitative estimate of drug-likeness (QED) is 0.890. The number of carboxylic acids is 1. The van der Waals surface area contributed by atoms with Crippen molar-refractivity contribution in [1.82, 2.24) is 10.3 Å². The van der Waals surface area contributed by atoms with Crippen molar-refractivity contribution in [1.29, 1.82) is 0 Å². The van der Waals surface area contributed by atoms with E-state index < -0.39 is 17.9 Å². The van der Waals surface area contributed by atoms with Crippen molar-refractivity contribution in [3.63, 3.8) is 0 Å². The second kappa shape index (κ2) is 5.97. The molecule has 0 aliphatic carbocycles. The molecule has 0 fully saturated rings. The lowest BCUT2D eigenvalue weighted by atomic mass is 10.1. The standard InChI is InChI=1S/C15H14N2O3/c1-10-12(8-5-9-16-10)14(18)17-13(15(19)20)11-6-3-2-4-7-11/h2-9,13H,1H3,(H,17,18)(H,19,20)/t13-/m0/s1. The number of hydrogen-bond donors (Lipinski definition) is 2. The number of hydrogen-bond acceptors (Lipinski definition) is 3. The first kappa shape index (κ1) is 13.7. The van der Waals surface area contributed by atoms with Gasteiger partial charge in [-0.05, 0) is 24.6 Å². The molecule has 1 aromatic heterocycles. The fraction of sp³-hybridized carbons (Fsp3) is 0.133. The fourth-order valence-electron chi connectivity index (χ4n) is 1.87. The van der Waals surface area contributed by atoms with Crippen molar-refractivity contribution >= 4 is 11.9 Å².